The first-order chi connectivity index (χ1) is 12.0. The number of nitrogens with zero attached hydrogens (tertiary/aromatic N) is 1. The number of rotatable bonds is 5. The van der Waals surface area contributed by atoms with Gasteiger partial charge in [0.15, 0.2) is 11.7 Å². The predicted molar refractivity (Wildman–Crippen MR) is 94.8 cm³/mol. The molecule has 3 rings (SSSR count). The number of hydrogen-bond donors (Lipinski definition) is 1. The van der Waals surface area contributed by atoms with Crippen molar-refractivity contribution in [2.24, 2.45) is 0 Å². The Hall–Kier alpha value is -2.95. The van der Waals surface area contributed by atoms with E-state index in [4.69, 9.17) is 4.42 Å². The lowest BCUT2D eigenvalue weighted by Crippen LogP contribution is -2.12. The van der Waals surface area contributed by atoms with Gasteiger partial charge in [0, 0.05) is 18.5 Å². The predicted octanol–water partition coefficient (Wildman–Crippen LogP) is 4.67. The zero-order valence-electron chi connectivity index (χ0n) is 14.2. The second-order valence-corrected chi connectivity index (χ2v) is 6.02. The second kappa shape index (κ2) is 7.30. The van der Waals surface area contributed by atoms with E-state index in [-0.39, 0.29) is 18.1 Å². The molecule has 0 aliphatic rings. The number of amides is 1. The minimum Gasteiger partial charge on any atom is -0.441 e. The highest BCUT2D eigenvalue weighted by Gasteiger charge is 2.12. The van der Waals surface area contributed by atoms with Gasteiger partial charge in [-0.25, -0.2) is 9.37 Å². The molecular formula is C20H19FN2O2. The van der Waals surface area contributed by atoms with Crippen molar-refractivity contribution in [1.29, 1.82) is 0 Å². The second-order valence-electron chi connectivity index (χ2n) is 6.02. The van der Waals surface area contributed by atoms with Crippen LogP contribution >= 0.6 is 0 Å². The molecule has 0 saturated heterocycles. The third kappa shape index (κ3) is 4.32. The van der Waals surface area contributed by atoms with Gasteiger partial charge in [-0.3, -0.25) is 4.79 Å². The Balaban J connectivity index is 1.60. The van der Waals surface area contributed by atoms with Gasteiger partial charge in [-0.15, -0.1) is 0 Å². The van der Waals surface area contributed by atoms with Crippen LogP contribution in [0, 0.1) is 19.7 Å². The summed E-state index contributed by atoms with van der Waals surface area (Å²) in [4.78, 5) is 16.2. The van der Waals surface area contributed by atoms with E-state index in [9.17, 15) is 9.18 Å². The summed E-state index contributed by atoms with van der Waals surface area (Å²) in [7, 11) is 0. The van der Waals surface area contributed by atoms with E-state index in [1.807, 2.05) is 32.0 Å². The van der Waals surface area contributed by atoms with Crippen LogP contribution in [-0.4, -0.2) is 10.9 Å². The summed E-state index contributed by atoms with van der Waals surface area (Å²) in [5.74, 6) is 0.296. The Labute approximate surface area is 145 Å². The molecule has 0 spiro atoms. The van der Waals surface area contributed by atoms with Crippen molar-refractivity contribution < 1.29 is 13.6 Å². The Morgan fingerprint density at radius 2 is 1.88 bits per heavy atom. The highest BCUT2D eigenvalue weighted by molar-refractivity contribution is 5.90. The minimum atomic E-state index is -0.363. The van der Waals surface area contributed by atoms with E-state index in [1.165, 1.54) is 12.3 Å². The van der Waals surface area contributed by atoms with Crippen molar-refractivity contribution in [3.63, 3.8) is 0 Å². The number of benzene rings is 2. The molecule has 0 saturated carbocycles. The van der Waals surface area contributed by atoms with E-state index in [0.717, 1.165) is 16.8 Å². The van der Waals surface area contributed by atoms with Crippen LogP contribution < -0.4 is 5.32 Å². The smallest absolute Gasteiger partial charge is 0.224 e. The van der Waals surface area contributed by atoms with Crippen LogP contribution in [0.4, 0.5) is 10.1 Å². The van der Waals surface area contributed by atoms with Gasteiger partial charge in [-0.05, 0) is 49.2 Å². The molecule has 1 aromatic heterocycles. The molecule has 25 heavy (non-hydrogen) atoms. The van der Waals surface area contributed by atoms with Crippen LogP contribution in [0.25, 0.3) is 11.3 Å². The van der Waals surface area contributed by atoms with Gasteiger partial charge in [0.05, 0.1) is 11.8 Å². The monoisotopic (exact) mass is 338 g/mol. The maximum Gasteiger partial charge on any atom is 0.224 e. The molecule has 5 heteroatoms. The van der Waals surface area contributed by atoms with Gasteiger partial charge in [-0.1, -0.05) is 18.2 Å². The number of nitrogens with one attached hydrogen (secondary N) is 1. The lowest BCUT2D eigenvalue weighted by molar-refractivity contribution is -0.116. The first kappa shape index (κ1) is 16.9. The molecule has 1 amide bonds. The van der Waals surface area contributed by atoms with Crippen molar-refractivity contribution in [1.82, 2.24) is 4.98 Å². The van der Waals surface area contributed by atoms with Gasteiger partial charge >= 0.3 is 0 Å². The van der Waals surface area contributed by atoms with Crippen LogP contribution in [0.3, 0.4) is 0 Å². The number of carbonyl (C=O) groups excluding carboxylic acids is 1. The van der Waals surface area contributed by atoms with Crippen LogP contribution in [0.2, 0.25) is 0 Å². The van der Waals surface area contributed by atoms with Crippen LogP contribution in [-0.2, 0) is 11.2 Å². The van der Waals surface area contributed by atoms with E-state index in [0.29, 0.717) is 23.6 Å². The fraction of sp³-hybridized carbons (Fsp3) is 0.200. The number of aromatic nitrogens is 1. The molecule has 0 bridgehead atoms. The molecule has 0 fully saturated rings. The van der Waals surface area contributed by atoms with E-state index in [1.54, 1.807) is 18.2 Å². The van der Waals surface area contributed by atoms with Crippen LogP contribution in [0.15, 0.2) is 53.1 Å². The molecule has 0 aliphatic carbocycles. The third-order valence-corrected chi connectivity index (χ3v) is 3.76. The van der Waals surface area contributed by atoms with Crippen molar-refractivity contribution >= 4 is 11.6 Å². The summed E-state index contributed by atoms with van der Waals surface area (Å²) in [5, 5.41) is 2.87. The lowest BCUT2D eigenvalue weighted by atomic mass is 10.1. The number of halogens is 1. The molecule has 0 unspecified atom stereocenters. The summed E-state index contributed by atoms with van der Waals surface area (Å²) in [6, 6.07) is 12.2. The van der Waals surface area contributed by atoms with Gasteiger partial charge in [0.1, 0.15) is 5.82 Å². The summed E-state index contributed by atoms with van der Waals surface area (Å²) >= 11 is 0. The quantitative estimate of drug-likeness (QED) is 0.735. The first-order valence-electron chi connectivity index (χ1n) is 8.09. The molecular weight excluding hydrogens is 319 g/mol. The van der Waals surface area contributed by atoms with Gasteiger partial charge in [-0.2, -0.15) is 0 Å². The van der Waals surface area contributed by atoms with Crippen LogP contribution in [0.1, 0.15) is 23.4 Å². The fourth-order valence-electron chi connectivity index (χ4n) is 2.70. The number of carbonyl (C=O) groups is 1. The molecule has 128 valence electrons. The maximum atomic E-state index is 13.8. The Bertz CT molecular complexity index is 882. The number of anilines is 1. The van der Waals surface area contributed by atoms with Gasteiger partial charge in [0.2, 0.25) is 5.91 Å². The van der Waals surface area contributed by atoms with Gasteiger partial charge < -0.3 is 9.73 Å². The zero-order valence-corrected chi connectivity index (χ0v) is 14.2. The molecule has 0 radical (unpaired) electrons. The van der Waals surface area contributed by atoms with Crippen molar-refractivity contribution in [2.75, 3.05) is 5.32 Å². The number of hydrogen-bond acceptors (Lipinski definition) is 3. The molecule has 3 aromatic rings. The highest BCUT2D eigenvalue weighted by Crippen LogP contribution is 2.23. The van der Waals surface area contributed by atoms with E-state index in [2.05, 4.69) is 10.3 Å². The Morgan fingerprint density at radius 3 is 2.60 bits per heavy atom. The molecule has 1 N–H and O–H groups in total. The lowest BCUT2D eigenvalue weighted by Gasteiger charge is -2.07. The highest BCUT2D eigenvalue weighted by atomic mass is 19.1. The van der Waals surface area contributed by atoms with Crippen molar-refractivity contribution in [3.8, 4) is 11.3 Å². The molecule has 0 atom stereocenters. The average Bonchev–Trinajstić information content (AvgIpc) is 3.01. The number of oxazole rings is 1. The Morgan fingerprint density at radius 1 is 1.16 bits per heavy atom. The van der Waals surface area contributed by atoms with E-state index >= 15 is 0 Å². The SMILES string of the molecule is Cc1cc(C)cc(NC(=O)CCc2ncc(-c3ccccc3F)o2)c1. The van der Waals surface area contributed by atoms with Crippen molar-refractivity contribution in [2.45, 2.75) is 26.7 Å². The van der Waals surface area contributed by atoms with Crippen LogP contribution in [0.5, 0.6) is 0 Å². The maximum absolute atomic E-state index is 13.8. The minimum absolute atomic E-state index is 0.115. The summed E-state index contributed by atoms with van der Waals surface area (Å²) in [6.45, 7) is 3.97. The van der Waals surface area contributed by atoms with Gasteiger partial charge in [0.25, 0.3) is 0 Å². The van der Waals surface area contributed by atoms with Crippen molar-refractivity contribution in [3.05, 3.63) is 71.5 Å². The average molecular weight is 338 g/mol. The summed E-state index contributed by atoms with van der Waals surface area (Å²) < 4.78 is 19.3. The standard InChI is InChI=1S/C20H19FN2O2/c1-13-9-14(2)11-15(10-13)23-19(24)7-8-20-22-12-18(25-20)16-5-3-4-6-17(16)21/h3-6,9-12H,7-8H2,1-2H3,(H,23,24). The third-order valence-electron chi connectivity index (χ3n) is 3.76. The Kier molecular flexibility index (Phi) is 4.93. The topological polar surface area (TPSA) is 55.1 Å². The fourth-order valence-corrected chi connectivity index (χ4v) is 2.70. The summed E-state index contributed by atoms with van der Waals surface area (Å²) in [6.07, 6.45) is 2.07. The number of aryl methyl sites for hydroxylation is 3. The largest absolute Gasteiger partial charge is 0.441 e. The zero-order chi connectivity index (χ0) is 17.8. The molecule has 1 heterocycles. The first-order valence-corrected chi connectivity index (χ1v) is 8.09. The summed E-state index contributed by atoms with van der Waals surface area (Å²) in [5.41, 5.74) is 3.33. The molecule has 2 aromatic carbocycles. The molecule has 4 nitrogen and oxygen atoms in total. The molecule has 0 aliphatic heterocycles. The van der Waals surface area contributed by atoms with E-state index < -0.39 is 0 Å². The normalized spacial score (nSPS) is 10.7.